The third-order valence-electron chi connectivity index (χ3n) is 3.73. The summed E-state index contributed by atoms with van der Waals surface area (Å²) in [5, 5.41) is 4.21. The van der Waals surface area contributed by atoms with Crippen molar-refractivity contribution in [3.63, 3.8) is 0 Å². The number of aromatic nitrogens is 2. The molecule has 1 aliphatic heterocycles. The molecule has 1 saturated heterocycles. The first kappa shape index (κ1) is 12.9. The minimum Gasteiger partial charge on any atom is -0.370 e. The molecule has 1 unspecified atom stereocenters. The molecule has 100 valence electrons. The van der Waals surface area contributed by atoms with Crippen LogP contribution in [0.5, 0.6) is 0 Å². The van der Waals surface area contributed by atoms with Crippen LogP contribution in [0, 0.1) is 12.8 Å². The Morgan fingerprint density at radius 2 is 2.39 bits per heavy atom. The summed E-state index contributed by atoms with van der Waals surface area (Å²) in [6.45, 7) is 7.01. The Labute approximate surface area is 109 Å². The van der Waals surface area contributed by atoms with Crippen molar-refractivity contribution in [3.8, 4) is 0 Å². The molecule has 18 heavy (non-hydrogen) atoms. The number of piperidine rings is 1. The number of aryl methyl sites for hydroxylation is 1. The van der Waals surface area contributed by atoms with Crippen molar-refractivity contribution in [2.45, 2.75) is 33.2 Å². The van der Waals surface area contributed by atoms with Gasteiger partial charge in [0.25, 0.3) is 0 Å². The smallest absolute Gasteiger partial charge is 0.191 e. The molecule has 0 aromatic carbocycles. The second kappa shape index (κ2) is 5.42. The maximum Gasteiger partial charge on any atom is 0.191 e. The van der Waals surface area contributed by atoms with E-state index in [-0.39, 0.29) is 0 Å². The molecule has 1 aromatic rings. The summed E-state index contributed by atoms with van der Waals surface area (Å²) in [6.07, 6.45) is 4.37. The molecule has 0 bridgehead atoms. The Morgan fingerprint density at radius 3 is 3.00 bits per heavy atom. The van der Waals surface area contributed by atoms with E-state index in [4.69, 9.17) is 5.73 Å². The Balaban J connectivity index is 1.98. The van der Waals surface area contributed by atoms with Crippen LogP contribution in [0.25, 0.3) is 0 Å². The Morgan fingerprint density at radius 1 is 1.61 bits per heavy atom. The number of nitrogens with two attached hydrogens (primary N) is 1. The van der Waals surface area contributed by atoms with Crippen LogP contribution in [0.3, 0.4) is 0 Å². The van der Waals surface area contributed by atoms with E-state index < -0.39 is 0 Å². The molecule has 5 nitrogen and oxygen atoms in total. The van der Waals surface area contributed by atoms with Gasteiger partial charge in [-0.15, -0.1) is 0 Å². The molecule has 1 aliphatic rings. The van der Waals surface area contributed by atoms with Crippen molar-refractivity contribution in [1.82, 2.24) is 14.7 Å². The molecule has 0 spiro atoms. The first-order valence-electron chi connectivity index (χ1n) is 6.60. The first-order valence-corrected chi connectivity index (χ1v) is 6.60. The van der Waals surface area contributed by atoms with Gasteiger partial charge < -0.3 is 10.6 Å². The largest absolute Gasteiger partial charge is 0.370 e. The number of likely N-dealkylation sites (tertiary alicyclic amines) is 1. The maximum atomic E-state index is 6.06. The number of nitrogens with zero attached hydrogens (tertiary/aromatic N) is 4. The Bertz CT molecular complexity index is 435. The van der Waals surface area contributed by atoms with E-state index in [9.17, 15) is 0 Å². The summed E-state index contributed by atoms with van der Waals surface area (Å²) < 4.78 is 1.87. The molecule has 2 heterocycles. The van der Waals surface area contributed by atoms with Gasteiger partial charge in [0, 0.05) is 31.4 Å². The maximum absolute atomic E-state index is 6.06. The quantitative estimate of drug-likeness (QED) is 0.634. The van der Waals surface area contributed by atoms with E-state index in [0.29, 0.717) is 18.4 Å². The van der Waals surface area contributed by atoms with E-state index in [1.165, 1.54) is 12.8 Å². The Hall–Kier alpha value is -1.52. The van der Waals surface area contributed by atoms with Crippen LogP contribution in [0.1, 0.15) is 31.0 Å². The molecule has 5 heteroatoms. The fourth-order valence-corrected chi connectivity index (χ4v) is 2.36. The van der Waals surface area contributed by atoms with Crippen LogP contribution in [-0.2, 0) is 13.6 Å². The van der Waals surface area contributed by atoms with Crippen LogP contribution in [-0.4, -0.2) is 33.7 Å². The lowest BCUT2D eigenvalue weighted by Crippen LogP contribution is -2.43. The van der Waals surface area contributed by atoms with Gasteiger partial charge in [0.2, 0.25) is 0 Å². The van der Waals surface area contributed by atoms with Crippen LogP contribution in [0.15, 0.2) is 11.2 Å². The van der Waals surface area contributed by atoms with Crippen molar-refractivity contribution in [2.75, 3.05) is 13.1 Å². The molecular weight excluding hydrogens is 226 g/mol. The van der Waals surface area contributed by atoms with Gasteiger partial charge in [-0.2, -0.15) is 5.10 Å². The average molecular weight is 249 g/mol. The summed E-state index contributed by atoms with van der Waals surface area (Å²) in [5.74, 6) is 1.39. The summed E-state index contributed by atoms with van der Waals surface area (Å²) >= 11 is 0. The molecule has 1 atom stereocenters. The van der Waals surface area contributed by atoms with Gasteiger partial charge in [0.1, 0.15) is 0 Å². The van der Waals surface area contributed by atoms with Crippen molar-refractivity contribution in [3.05, 3.63) is 17.5 Å². The normalized spacial score (nSPS) is 21.4. The fourth-order valence-electron chi connectivity index (χ4n) is 2.36. The van der Waals surface area contributed by atoms with Crippen LogP contribution < -0.4 is 5.73 Å². The SMILES string of the molecule is Cc1c(CN=C(N)N2CCCC(C)C2)cnn1C. The van der Waals surface area contributed by atoms with Crippen molar-refractivity contribution >= 4 is 5.96 Å². The molecule has 1 fully saturated rings. The second-order valence-electron chi connectivity index (χ2n) is 5.25. The lowest BCUT2D eigenvalue weighted by atomic mass is 10.0. The highest BCUT2D eigenvalue weighted by atomic mass is 15.3. The summed E-state index contributed by atoms with van der Waals surface area (Å²) in [7, 11) is 1.94. The minimum atomic E-state index is 0.621. The number of guanidine groups is 1. The van der Waals surface area contributed by atoms with Crippen LogP contribution >= 0.6 is 0 Å². The summed E-state index contributed by atoms with van der Waals surface area (Å²) in [5.41, 5.74) is 8.36. The van der Waals surface area contributed by atoms with Crippen molar-refractivity contribution < 1.29 is 0 Å². The zero-order valence-electron chi connectivity index (χ0n) is 11.6. The average Bonchev–Trinajstić information content (AvgIpc) is 2.67. The first-order chi connectivity index (χ1) is 8.58. The third-order valence-corrected chi connectivity index (χ3v) is 3.73. The highest BCUT2D eigenvalue weighted by Gasteiger charge is 2.17. The molecular formula is C13H23N5. The molecule has 0 saturated carbocycles. The lowest BCUT2D eigenvalue weighted by Gasteiger charge is -2.31. The molecule has 0 radical (unpaired) electrons. The van der Waals surface area contributed by atoms with Gasteiger partial charge >= 0.3 is 0 Å². The van der Waals surface area contributed by atoms with E-state index in [0.717, 1.165) is 24.3 Å². The summed E-state index contributed by atoms with van der Waals surface area (Å²) in [6, 6.07) is 0. The van der Waals surface area contributed by atoms with Gasteiger partial charge in [0.15, 0.2) is 5.96 Å². The van der Waals surface area contributed by atoms with Crippen LogP contribution in [0.4, 0.5) is 0 Å². The van der Waals surface area contributed by atoms with Crippen molar-refractivity contribution in [1.29, 1.82) is 0 Å². The monoisotopic (exact) mass is 249 g/mol. The molecule has 1 aromatic heterocycles. The zero-order chi connectivity index (χ0) is 13.1. The zero-order valence-corrected chi connectivity index (χ0v) is 11.6. The fraction of sp³-hybridized carbons (Fsp3) is 0.692. The van der Waals surface area contributed by atoms with Gasteiger partial charge in [-0.05, 0) is 25.7 Å². The third kappa shape index (κ3) is 2.83. The number of hydrogen-bond acceptors (Lipinski definition) is 2. The topological polar surface area (TPSA) is 59.4 Å². The number of aliphatic imine (C=N–C) groups is 1. The van der Waals surface area contributed by atoms with E-state index >= 15 is 0 Å². The minimum absolute atomic E-state index is 0.621. The highest BCUT2D eigenvalue weighted by Crippen LogP contribution is 2.15. The van der Waals surface area contributed by atoms with E-state index in [1.54, 1.807) is 0 Å². The van der Waals surface area contributed by atoms with E-state index in [1.807, 2.05) is 17.9 Å². The van der Waals surface area contributed by atoms with Crippen molar-refractivity contribution in [2.24, 2.45) is 23.7 Å². The second-order valence-corrected chi connectivity index (χ2v) is 5.25. The number of rotatable bonds is 2. The van der Waals surface area contributed by atoms with E-state index in [2.05, 4.69) is 28.8 Å². The predicted octanol–water partition coefficient (Wildman–Crippen LogP) is 1.28. The Kier molecular flexibility index (Phi) is 3.89. The highest BCUT2D eigenvalue weighted by molar-refractivity contribution is 5.78. The molecule has 0 aliphatic carbocycles. The predicted molar refractivity (Wildman–Crippen MR) is 73.2 cm³/mol. The number of hydrogen-bond donors (Lipinski definition) is 1. The standard InChI is InChI=1S/C13H23N5/c1-10-5-4-6-18(9-10)13(14)15-7-12-8-16-17(3)11(12)2/h8,10H,4-7,9H2,1-3H3,(H2,14,15). The van der Waals surface area contributed by atoms with Gasteiger partial charge in [-0.25, -0.2) is 4.99 Å². The van der Waals surface area contributed by atoms with Gasteiger partial charge in [-0.1, -0.05) is 6.92 Å². The molecule has 2 rings (SSSR count). The van der Waals surface area contributed by atoms with Gasteiger partial charge in [-0.3, -0.25) is 4.68 Å². The molecule has 2 N–H and O–H groups in total. The lowest BCUT2D eigenvalue weighted by molar-refractivity contribution is 0.270. The molecule has 0 amide bonds. The van der Waals surface area contributed by atoms with Crippen LogP contribution in [0.2, 0.25) is 0 Å². The summed E-state index contributed by atoms with van der Waals surface area (Å²) in [4.78, 5) is 6.69. The van der Waals surface area contributed by atoms with Gasteiger partial charge in [0.05, 0.1) is 12.7 Å².